The molecule has 2 aromatic rings. The first kappa shape index (κ1) is 16.4. The van der Waals surface area contributed by atoms with Gasteiger partial charge in [-0.05, 0) is 12.1 Å². The Bertz CT molecular complexity index is 816. The van der Waals surface area contributed by atoms with Crippen LogP contribution in [0.15, 0.2) is 42.7 Å². The van der Waals surface area contributed by atoms with Gasteiger partial charge in [-0.25, -0.2) is 9.78 Å². The van der Waals surface area contributed by atoms with E-state index in [1.807, 2.05) is 36.4 Å². The van der Waals surface area contributed by atoms with Crippen LogP contribution in [-0.4, -0.2) is 45.1 Å². The number of anilines is 1. The number of benzene rings is 1. The summed E-state index contributed by atoms with van der Waals surface area (Å²) in [7, 11) is 0. The van der Waals surface area contributed by atoms with Crippen molar-refractivity contribution >= 4 is 17.7 Å². The Morgan fingerprint density at radius 1 is 1.28 bits per heavy atom. The van der Waals surface area contributed by atoms with Crippen LogP contribution in [-0.2, 0) is 4.79 Å². The summed E-state index contributed by atoms with van der Waals surface area (Å²) in [6.07, 6.45) is 2.72. The van der Waals surface area contributed by atoms with Crippen molar-refractivity contribution in [2.75, 3.05) is 18.0 Å². The van der Waals surface area contributed by atoms with Crippen molar-refractivity contribution in [3.05, 3.63) is 54.1 Å². The first-order valence-electron chi connectivity index (χ1n) is 7.67. The Morgan fingerprint density at radius 3 is 2.64 bits per heavy atom. The molecule has 1 aliphatic heterocycles. The third-order valence-corrected chi connectivity index (χ3v) is 3.94. The average molecular weight is 337 g/mol. The molecule has 25 heavy (non-hydrogen) atoms. The van der Waals surface area contributed by atoms with Crippen LogP contribution in [0.1, 0.15) is 23.9 Å². The first-order valence-corrected chi connectivity index (χ1v) is 7.67. The number of para-hydroxylation sites is 1. The summed E-state index contributed by atoms with van der Waals surface area (Å²) in [5.74, 6) is -0.958. The number of nitrogens with zero attached hydrogens (tertiary/aromatic N) is 5. The van der Waals surface area contributed by atoms with Crippen molar-refractivity contribution in [2.45, 2.75) is 12.5 Å². The molecule has 1 aromatic heterocycles. The maximum atomic E-state index is 12.8. The van der Waals surface area contributed by atoms with Crippen molar-refractivity contribution in [2.24, 2.45) is 0 Å². The van der Waals surface area contributed by atoms with Gasteiger partial charge in [0.05, 0.1) is 30.6 Å². The standard InChI is InChI=1S/C17H15N5O3/c18-8-12-9-20-14(10-19-12)15-11-21(7-6-16(23)24)17(25)22(15)13-4-2-1-3-5-13/h1-5,9-10,15H,6-7,11H2,(H,23,24). The van der Waals surface area contributed by atoms with Crippen LogP contribution in [0.3, 0.4) is 0 Å². The van der Waals surface area contributed by atoms with Crippen LogP contribution in [0.4, 0.5) is 10.5 Å². The summed E-state index contributed by atoms with van der Waals surface area (Å²) in [5, 5.41) is 17.7. The van der Waals surface area contributed by atoms with E-state index in [0.29, 0.717) is 17.9 Å². The highest BCUT2D eigenvalue weighted by Crippen LogP contribution is 2.33. The summed E-state index contributed by atoms with van der Waals surface area (Å²) < 4.78 is 0. The van der Waals surface area contributed by atoms with Crippen LogP contribution in [0, 0.1) is 11.3 Å². The minimum absolute atomic E-state index is 0.123. The molecule has 1 unspecified atom stereocenters. The summed E-state index contributed by atoms with van der Waals surface area (Å²) in [4.78, 5) is 35.0. The van der Waals surface area contributed by atoms with Crippen molar-refractivity contribution < 1.29 is 14.7 Å². The normalized spacial score (nSPS) is 16.8. The smallest absolute Gasteiger partial charge is 0.325 e. The molecule has 0 bridgehead atoms. The van der Waals surface area contributed by atoms with E-state index in [2.05, 4.69) is 9.97 Å². The maximum Gasteiger partial charge on any atom is 0.325 e. The molecule has 1 aliphatic rings. The second-order valence-electron chi connectivity index (χ2n) is 5.53. The molecule has 1 N–H and O–H groups in total. The molecule has 1 fully saturated rings. The van der Waals surface area contributed by atoms with Crippen molar-refractivity contribution in [3.63, 3.8) is 0 Å². The molecular weight excluding hydrogens is 322 g/mol. The van der Waals surface area contributed by atoms with Gasteiger partial charge in [-0.1, -0.05) is 18.2 Å². The van der Waals surface area contributed by atoms with Gasteiger partial charge in [0.25, 0.3) is 0 Å². The highest BCUT2D eigenvalue weighted by atomic mass is 16.4. The lowest BCUT2D eigenvalue weighted by atomic mass is 10.1. The van der Waals surface area contributed by atoms with Crippen LogP contribution in [0.5, 0.6) is 0 Å². The third kappa shape index (κ3) is 3.40. The number of hydrogen-bond acceptors (Lipinski definition) is 5. The Morgan fingerprint density at radius 2 is 2.04 bits per heavy atom. The zero-order valence-corrected chi connectivity index (χ0v) is 13.2. The van der Waals surface area contributed by atoms with Crippen molar-refractivity contribution in [1.82, 2.24) is 14.9 Å². The molecular formula is C17H15N5O3. The van der Waals surface area contributed by atoms with E-state index in [-0.39, 0.29) is 24.7 Å². The second-order valence-corrected chi connectivity index (χ2v) is 5.53. The molecule has 0 aliphatic carbocycles. The van der Waals surface area contributed by atoms with Gasteiger partial charge < -0.3 is 10.0 Å². The zero-order valence-electron chi connectivity index (χ0n) is 13.2. The Balaban J connectivity index is 1.93. The van der Waals surface area contributed by atoms with E-state index in [1.54, 1.807) is 4.90 Å². The fourth-order valence-corrected chi connectivity index (χ4v) is 2.74. The van der Waals surface area contributed by atoms with Crippen LogP contribution >= 0.6 is 0 Å². The van der Waals surface area contributed by atoms with Crippen LogP contribution < -0.4 is 4.90 Å². The lowest BCUT2D eigenvalue weighted by Crippen LogP contribution is -2.33. The number of carboxylic acids is 1. The molecule has 8 nitrogen and oxygen atoms in total. The Labute approximate surface area is 144 Å². The number of aromatic nitrogens is 2. The predicted octanol–water partition coefficient (Wildman–Crippen LogP) is 1.81. The zero-order chi connectivity index (χ0) is 17.8. The summed E-state index contributed by atoms with van der Waals surface area (Å²) in [5.41, 5.74) is 1.44. The number of nitriles is 1. The molecule has 2 heterocycles. The molecule has 1 aromatic carbocycles. The summed E-state index contributed by atoms with van der Waals surface area (Å²) >= 11 is 0. The van der Waals surface area contributed by atoms with E-state index >= 15 is 0 Å². The largest absolute Gasteiger partial charge is 0.481 e. The molecule has 0 saturated carbocycles. The molecule has 3 rings (SSSR count). The topological polar surface area (TPSA) is 110 Å². The number of amides is 2. The summed E-state index contributed by atoms with van der Waals surface area (Å²) in [6.45, 7) is 0.430. The Hall–Kier alpha value is -3.47. The lowest BCUT2D eigenvalue weighted by molar-refractivity contribution is -0.137. The van der Waals surface area contributed by atoms with Crippen LogP contribution in [0.25, 0.3) is 0 Å². The fourth-order valence-electron chi connectivity index (χ4n) is 2.74. The monoisotopic (exact) mass is 337 g/mol. The molecule has 1 saturated heterocycles. The fraction of sp³-hybridized carbons (Fsp3) is 0.235. The highest BCUT2D eigenvalue weighted by molar-refractivity contribution is 5.95. The molecule has 2 amide bonds. The molecule has 8 heteroatoms. The van der Waals surface area contributed by atoms with E-state index in [4.69, 9.17) is 10.4 Å². The van der Waals surface area contributed by atoms with E-state index < -0.39 is 12.0 Å². The van der Waals surface area contributed by atoms with Crippen molar-refractivity contribution in [1.29, 1.82) is 5.26 Å². The van der Waals surface area contributed by atoms with Gasteiger partial charge in [0.2, 0.25) is 0 Å². The van der Waals surface area contributed by atoms with E-state index in [1.165, 1.54) is 17.3 Å². The molecule has 1 atom stereocenters. The van der Waals surface area contributed by atoms with E-state index in [9.17, 15) is 9.59 Å². The van der Waals surface area contributed by atoms with Gasteiger partial charge in [-0.3, -0.25) is 14.7 Å². The maximum absolute atomic E-state index is 12.8. The number of hydrogen-bond donors (Lipinski definition) is 1. The average Bonchev–Trinajstić information content (AvgIpc) is 2.97. The summed E-state index contributed by atoms with van der Waals surface area (Å²) in [6, 6.07) is 10.3. The van der Waals surface area contributed by atoms with Gasteiger partial charge in [-0.2, -0.15) is 5.26 Å². The van der Waals surface area contributed by atoms with Gasteiger partial charge >= 0.3 is 12.0 Å². The Kier molecular flexibility index (Phi) is 4.57. The highest BCUT2D eigenvalue weighted by Gasteiger charge is 2.39. The number of carbonyl (C=O) groups excluding carboxylic acids is 1. The lowest BCUT2D eigenvalue weighted by Gasteiger charge is -2.22. The molecule has 0 spiro atoms. The minimum Gasteiger partial charge on any atom is -0.481 e. The number of urea groups is 1. The number of carboxylic acid groups (broad SMARTS) is 1. The first-order chi connectivity index (χ1) is 12.1. The number of aliphatic carboxylic acids is 1. The van der Waals surface area contributed by atoms with Gasteiger partial charge in [0.1, 0.15) is 6.07 Å². The molecule has 0 radical (unpaired) electrons. The quantitative estimate of drug-likeness (QED) is 0.891. The second kappa shape index (κ2) is 6.97. The number of carbonyl (C=O) groups is 2. The van der Waals surface area contributed by atoms with Gasteiger partial charge in [0.15, 0.2) is 5.69 Å². The SMILES string of the molecule is N#Cc1cnc(C2CN(CCC(=O)O)C(=O)N2c2ccccc2)cn1. The van der Waals surface area contributed by atoms with Gasteiger partial charge in [-0.15, -0.1) is 0 Å². The third-order valence-electron chi connectivity index (χ3n) is 3.94. The van der Waals surface area contributed by atoms with Crippen molar-refractivity contribution in [3.8, 4) is 6.07 Å². The number of rotatable bonds is 5. The predicted molar refractivity (Wildman–Crippen MR) is 87.6 cm³/mol. The van der Waals surface area contributed by atoms with Gasteiger partial charge in [0, 0.05) is 18.8 Å². The molecule has 126 valence electrons. The van der Waals surface area contributed by atoms with E-state index in [0.717, 1.165) is 0 Å². The van der Waals surface area contributed by atoms with Crippen LogP contribution in [0.2, 0.25) is 0 Å². The minimum atomic E-state index is -0.958.